The highest BCUT2D eigenvalue weighted by molar-refractivity contribution is 5.66. The lowest BCUT2D eigenvalue weighted by Crippen LogP contribution is -2.31. The fourth-order valence-corrected chi connectivity index (χ4v) is 4.64. The number of carboxylic acid groups (broad SMARTS) is 1. The molecular formula is C25H42O5. The number of aliphatic hydroxyl groups excluding tert-OH is 1. The second-order valence-corrected chi connectivity index (χ2v) is 8.79. The highest BCUT2D eigenvalue weighted by atomic mass is 16.7. The monoisotopic (exact) mass is 422 g/mol. The largest absolute Gasteiger partial charge is 0.481 e. The molecule has 5 heteroatoms. The van der Waals surface area contributed by atoms with E-state index in [1.54, 1.807) is 0 Å². The van der Waals surface area contributed by atoms with Crippen molar-refractivity contribution in [3.05, 3.63) is 24.3 Å². The molecule has 0 aromatic rings. The van der Waals surface area contributed by atoms with Crippen LogP contribution in [-0.4, -0.2) is 41.3 Å². The zero-order valence-electron chi connectivity index (χ0n) is 18.7. The number of aliphatic hydroxyl groups is 1. The summed E-state index contributed by atoms with van der Waals surface area (Å²) >= 11 is 0. The molecule has 1 heterocycles. The van der Waals surface area contributed by atoms with Gasteiger partial charge in [-0.05, 0) is 69.6 Å². The Morgan fingerprint density at radius 1 is 1.07 bits per heavy atom. The van der Waals surface area contributed by atoms with Gasteiger partial charge < -0.3 is 19.7 Å². The smallest absolute Gasteiger partial charge is 0.303 e. The maximum atomic E-state index is 10.8. The van der Waals surface area contributed by atoms with E-state index in [-0.39, 0.29) is 30.8 Å². The van der Waals surface area contributed by atoms with E-state index in [9.17, 15) is 9.90 Å². The molecule has 2 rings (SSSR count). The molecule has 0 aromatic carbocycles. The third kappa shape index (κ3) is 9.32. The first kappa shape index (κ1) is 25.1. The molecule has 2 fully saturated rings. The van der Waals surface area contributed by atoms with Gasteiger partial charge in [0.1, 0.15) is 0 Å². The molecule has 0 aromatic heterocycles. The van der Waals surface area contributed by atoms with Gasteiger partial charge in [0.25, 0.3) is 0 Å². The highest BCUT2D eigenvalue weighted by Gasteiger charge is 2.43. The number of allylic oxidation sites excluding steroid dienone is 4. The Labute approximate surface area is 182 Å². The second-order valence-electron chi connectivity index (χ2n) is 8.79. The van der Waals surface area contributed by atoms with Gasteiger partial charge in [-0.1, -0.05) is 44.1 Å². The lowest BCUT2D eigenvalue weighted by molar-refractivity contribution is -0.196. The molecule has 2 N–H and O–H groups in total. The number of hydrogen-bond acceptors (Lipinski definition) is 4. The molecule has 1 saturated carbocycles. The normalized spacial score (nSPS) is 29.9. The molecule has 5 nitrogen and oxygen atoms in total. The van der Waals surface area contributed by atoms with E-state index < -0.39 is 5.97 Å². The van der Waals surface area contributed by atoms with Gasteiger partial charge in [0, 0.05) is 19.4 Å². The van der Waals surface area contributed by atoms with Crippen LogP contribution in [0.3, 0.4) is 0 Å². The van der Waals surface area contributed by atoms with Crippen LogP contribution in [0.1, 0.15) is 90.4 Å². The number of carbonyl (C=O) groups is 1. The summed E-state index contributed by atoms with van der Waals surface area (Å²) in [6.07, 6.45) is 20.3. The fraction of sp³-hybridized carbons (Fsp3) is 0.800. The molecule has 172 valence electrons. The molecule has 30 heavy (non-hydrogen) atoms. The molecule has 0 radical (unpaired) electrons. The van der Waals surface area contributed by atoms with Crippen LogP contribution in [0.5, 0.6) is 0 Å². The van der Waals surface area contributed by atoms with Crippen molar-refractivity contribution in [2.75, 3.05) is 6.61 Å². The summed E-state index contributed by atoms with van der Waals surface area (Å²) in [4.78, 5) is 10.6. The summed E-state index contributed by atoms with van der Waals surface area (Å²) in [6, 6.07) is 0. The SMILES string of the molecule is CCCC/C=C/CC[C@@H]1[C@@H](C/C=C\CCCC(=O)O)[C@@H](O)C[C@H]1OC1CCCCO1. The van der Waals surface area contributed by atoms with Crippen molar-refractivity contribution in [2.45, 2.75) is 109 Å². The molecular weight excluding hydrogens is 380 g/mol. The standard InChI is InChI=1S/C25H42O5/c1-2-3-4-5-6-10-15-21-20(14-9-7-8-11-16-24(27)28)22(26)19-23(21)30-25-17-12-13-18-29-25/h5-7,9,20-23,25-26H,2-4,8,10-19H2,1H3,(H,27,28)/b6-5+,9-7-/t20-,21-,22+,23-,25?/m1/s1. The van der Waals surface area contributed by atoms with Gasteiger partial charge in [0.15, 0.2) is 6.29 Å². The first-order chi connectivity index (χ1) is 14.6. The van der Waals surface area contributed by atoms with E-state index in [1.807, 2.05) is 0 Å². The van der Waals surface area contributed by atoms with Crippen LogP contribution < -0.4 is 0 Å². The Balaban J connectivity index is 1.89. The maximum Gasteiger partial charge on any atom is 0.303 e. The number of aliphatic carboxylic acids is 1. The third-order valence-corrected chi connectivity index (χ3v) is 6.35. The zero-order valence-corrected chi connectivity index (χ0v) is 18.7. The molecule has 0 amide bonds. The van der Waals surface area contributed by atoms with Crippen LogP contribution in [0.4, 0.5) is 0 Å². The lowest BCUT2D eigenvalue weighted by Gasteiger charge is -2.30. The number of carboxylic acids is 1. The zero-order chi connectivity index (χ0) is 21.6. The van der Waals surface area contributed by atoms with Gasteiger partial charge in [-0.2, -0.15) is 0 Å². The van der Waals surface area contributed by atoms with Crippen molar-refractivity contribution in [2.24, 2.45) is 11.8 Å². The Morgan fingerprint density at radius 2 is 1.83 bits per heavy atom. The lowest BCUT2D eigenvalue weighted by atomic mass is 9.86. The average molecular weight is 423 g/mol. The average Bonchev–Trinajstić information content (AvgIpc) is 3.02. The van der Waals surface area contributed by atoms with Crippen molar-refractivity contribution >= 4 is 5.97 Å². The van der Waals surface area contributed by atoms with Gasteiger partial charge in [0.2, 0.25) is 0 Å². The van der Waals surface area contributed by atoms with Gasteiger partial charge in [-0.3, -0.25) is 4.79 Å². The summed E-state index contributed by atoms with van der Waals surface area (Å²) < 4.78 is 12.1. The predicted molar refractivity (Wildman–Crippen MR) is 119 cm³/mol. The summed E-state index contributed by atoms with van der Waals surface area (Å²) in [7, 11) is 0. The van der Waals surface area contributed by atoms with Crippen LogP contribution in [0.25, 0.3) is 0 Å². The van der Waals surface area contributed by atoms with Crippen molar-refractivity contribution in [1.82, 2.24) is 0 Å². The minimum atomic E-state index is -0.744. The Morgan fingerprint density at radius 3 is 2.57 bits per heavy atom. The second kappa shape index (κ2) is 14.8. The number of hydrogen-bond donors (Lipinski definition) is 2. The Hall–Kier alpha value is -1.17. The van der Waals surface area contributed by atoms with Gasteiger partial charge in [0.05, 0.1) is 12.2 Å². The fourth-order valence-electron chi connectivity index (χ4n) is 4.64. The van der Waals surface area contributed by atoms with Crippen molar-refractivity contribution in [3.8, 4) is 0 Å². The molecule has 1 saturated heterocycles. The van der Waals surface area contributed by atoms with E-state index in [1.165, 1.54) is 12.8 Å². The maximum absolute atomic E-state index is 10.8. The summed E-state index contributed by atoms with van der Waals surface area (Å²) in [5, 5.41) is 19.5. The van der Waals surface area contributed by atoms with Crippen molar-refractivity contribution in [3.63, 3.8) is 0 Å². The third-order valence-electron chi connectivity index (χ3n) is 6.35. The Kier molecular flexibility index (Phi) is 12.4. The molecule has 5 atom stereocenters. The Bertz CT molecular complexity index is 524. The quantitative estimate of drug-likeness (QED) is 0.280. The molecule has 0 spiro atoms. The number of rotatable bonds is 14. The highest BCUT2D eigenvalue weighted by Crippen LogP contribution is 2.41. The van der Waals surface area contributed by atoms with Crippen LogP contribution in [0, 0.1) is 11.8 Å². The van der Waals surface area contributed by atoms with Crippen LogP contribution in [0.15, 0.2) is 24.3 Å². The topological polar surface area (TPSA) is 76.0 Å². The molecule has 0 bridgehead atoms. The van der Waals surface area contributed by atoms with E-state index in [2.05, 4.69) is 31.2 Å². The molecule has 1 unspecified atom stereocenters. The predicted octanol–water partition coefficient (Wildman–Crippen LogP) is 5.62. The number of unbranched alkanes of at least 4 members (excludes halogenated alkanes) is 3. The van der Waals surface area contributed by atoms with Gasteiger partial charge in [-0.25, -0.2) is 0 Å². The minimum Gasteiger partial charge on any atom is -0.481 e. The first-order valence-electron chi connectivity index (χ1n) is 12.1. The molecule has 1 aliphatic heterocycles. The van der Waals surface area contributed by atoms with Crippen LogP contribution in [-0.2, 0) is 14.3 Å². The van der Waals surface area contributed by atoms with E-state index in [4.69, 9.17) is 14.6 Å². The first-order valence-corrected chi connectivity index (χ1v) is 12.1. The van der Waals surface area contributed by atoms with Crippen molar-refractivity contribution in [1.29, 1.82) is 0 Å². The van der Waals surface area contributed by atoms with E-state index in [0.717, 1.165) is 58.0 Å². The van der Waals surface area contributed by atoms with E-state index in [0.29, 0.717) is 18.8 Å². The summed E-state index contributed by atoms with van der Waals surface area (Å²) in [5.41, 5.74) is 0. The van der Waals surface area contributed by atoms with E-state index >= 15 is 0 Å². The molecule has 1 aliphatic carbocycles. The van der Waals surface area contributed by atoms with Crippen LogP contribution in [0.2, 0.25) is 0 Å². The van der Waals surface area contributed by atoms with Gasteiger partial charge in [-0.15, -0.1) is 0 Å². The van der Waals surface area contributed by atoms with Gasteiger partial charge >= 0.3 is 5.97 Å². The molecule has 2 aliphatic rings. The number of ether oxygens (including phenoxy) is 2. The minimum absolute atomic E-state index is 0.0533. The summed E-state index contributed by atoms with van der Waals surface area (Å²) in [5.74, 6) is -0.227. The van der Waals surface area contributed by atoms with Crippen molar-refractivity contribution < 1.29 is 24.5 Å². The van der Waals surface area contributed by atoms with Crippen LogP contribution >= 0.6 is 0 Å². The summed E-state index contributed by atoms with van der Waals surface area (Å²) in [6.45, 7) is 2.98.